The molecule has 0 unspecified atom stereocenters. The van der Waals surface area contributed by atoms with Gasteiger partial charge in [-0.05, 0) is 51.3 Å². The standard InChI is InChI=1S/C32H51N3O6S/c1-20-9-8-10-32(6)26(41-32)16-24(40-28(37)17-25(36)31(4,5)30(39)22(3)29(20)38)21(2)15-23-19-42-27(33-23)18-35-13-11-34(7)12-14-35/h15,19-20,22,24-26,29,36,38H,8-14,16-18H2,1-7H3/b21-15+/t20-,22+,24-,25-,26-,29-,32+/m0/s1. The van der Waals surface area contributed by atoms with Crippen LogP contribution in [-0.2, 0) is 25.6 Å². The highest BCUT2D eigenvalue weighted by atomic mass is 32.1. The van der Waals surface area contributed by atoms with Crippen LogP contribution in [0.25, 0.3) is 6.08 Å². The molecule has 4 heterocycles. The number of hydrogen-bond acceptors (Lipinski definition) is 10. The molecule has 236 valence electrons. The zero-order valence-corrected chi connectivity index (χ0v) is 27.3. The van der Waals surface area contributed by atoms with Gasteiger partial charge in [0.2, 0.25) is 0 Å². The van der Waals surface area contributed by atoms with Crippen LogP contribution in [-0.4, -0.2) is 100.0 Å². The Labute approximate surface area is 255 Å². The molecule has 0 saturated carbocycles. The zero-order chi connectivity index (χ0) is 30.8. The highest BCUT2D eigenvalue weighted by Gasteiger charge is 2.53. The number of cyclic esters (lactones) is 1. The van der Waals surface area contributed by atoms with Gasteiger partial charge >= 0.3 is 5.97 Å². The molecule has 10 heteroatoms. The Balaban J connectivity index is 1.50. The maximum Gasteiger partial charge on any atom is 0.309 e. The highest BCUT2D eigenvalue weighted by molar-refractivity contribution is 7.09. The number of ketones is 1. The van der Waals surface area contributed by atoms with E-state index in [4.69, 9.17) is 14.5 Å². The third kappa shape index (κ3) is 8.07. The number of rotatable bonds is 4. The van der Waals surface area contributed by atoms with Gasteiger partial charge in [-0.2, -0.15) is 0 Å². The molecule has 0 radical (unpaired) electrons. The summed E-state index contributed by atoms with van der Waals surface area (Å²) in [4.78, 5) is 36.1. The fraction of sp³-hybridized carbons (Fsp3) is 0.781. The molecule has 0 aliphatic carbocycles. The Bertz CT molecular complexity index is 1130. The second-order valence-corrected chi connectivity index (χ2v) is 14.7. The lowest BCUT2D eigenvalue weighted by Gasteiger charge is -2.34. The van der Waals surface area contributed by atoms with E-state index in [0.29, 0.717) is 6.42 Å². The van der Waals surface area contributed by atoms with Gasteiger partial charge in [-0.3, -0.25) is 14.5 Å². The summed E-state index contributed by atoms with van der Waals surface area (Å²) in [5.74, 6) is -1.56. The van der Waals surface area contributed by atoms with Crippen molar-refractivity contribution in [2.45, 2.75) is 110 Å². The van der Waals surface area contributed by atoms with Crippen LogP contribution in [0.3, 0.4) is 0 Å². The second-order valence-electron chi connectivity index (χ2n) is 13.7. The van der Waals surface area contributed by atoms with Crippen LogP contribution in [0, 0.1) is 17.3 Å². The quantitative estimate of drug-likeness (QED) is 0.389. The van der Waals surface area contributed by atoms with Crippen molar-refractivity contribution in [3.8, 4) is 0 Å². The average molecular weight is 606 g/mol. The minimum absolute atomic E-state index is 0.0584. The summed E-state index contributed by atoms with van der Waals surface area (Å²) in [6, 6.07) is 0. The van der Waals surface area contributed by atoms with Crippen molar-refractivity contribution < 1.29 is 29.3 Å². The third-order valence-corrected chi connectivity index (χ3v) is 10.7. The van der Waals surface area contributed by atoms with E-state index in [1.807, 2.05) is 25.3 Å². The van der Waals surface area contributed by atoms with E-state index in [0.717, 1.165) is 68.3 Å². The van der Waals surface area contributed by atoms with Crippen molar-refractivity contribution in [3.63, 3.8) is 0 Å². The number of Topliss-reactive ketones (excluding diaryl/α,β-unsaturated/α-hetero) is 1. The number of carbonyl (C=O) groups excluding carboxylic acids is 2. The molecule has 3 saturated heterocycles. The van der Waals surface area contributed by atoms with E-state index in [2.05, 4.69) is 23.8 Å². The number of epoxide rings is 1. The first-order valence-electron chi connectivity index (χ1n) is 15.5. The molecule has 0 bridgehead atoms. The Morgan fingerprint density at radius 2 is 1.86 bits per heavy atom. The van der Waals surface area contributed by atoms with Gasteiger partial charge in [0, 0.05) is 43.9 Å². The smallest absolute Gasteiger partial charge is 0.309 e. The average Bonchev–Trinajstić information content (AvgIpc) is 3.35. The van der Waals surface area contributed by atoms with Gasteiger partial charge in [0.25, 0.3) is 0 Å². The van der Waals surface area contributed by atoms with Crippen molar-refractivity contribution >= 4 is 29.2 Å². The number of aromatic nitrogens is 1. The van der Waals surface area contributed by atoms with Crippen molar-refractivity contribution in [1.82, 2.24) is 14.8 Å². The maximum atomic E-state index is 13.3. The number of thiazole rings is 1. The van der Waals surface area contributed by atoms with Crippen molar-refractivity contribution in [1.29, 1.82) is 0 Å². The molecule has 2 N–H and O–H groups in total. The van der Waals surface area contributed by atoms with Crippen LogP contribution in [0.4, 0.5) is 0 Å². The van der Waals surface area contributed by atoms with Gasteiger partial charge in [-0.25, -0.2) is 4.98 Å². The maximum absolute atomic E-state index is 13.3. The fourth-order valence-electron chi connectivity index (χ4n) is 6.28. The second kappa shape index (κ2) is 13.5. The summed E-state index contributed by atoms with van der Waals surface area (Å²) < 4.78 is 12.1. The van der Waals surface area contributed by atoms with E-state index in [1.54, 1.807) is 32.1 Å². The van der Waals surface area contributed by atoms with Crippen LogP contribution in [0.5, 0.6) is 0 Å². The molecule has 1 aromatic rings. The molecular formula is C32H51N3O6S. The van der Waals surface area contributed by atoms with Gasteiger partial charge < -0.3 is 24.6 Å². The van der Waals surface area contributed by atoms with Gasteiger partial charge in [0.1, 0.15) is 16.9 Å². The Morgan fingerprint density at radius 3 is 2.55 bits per heavy atom. The molecule has 42 heavy (non-hydrogen) atoms. The Kier molecular flexibility index (Phi) is 10.7. The summed E-state index contributed by atoms with van der Waals surface area (Å²) in [6.07, 6.45) is 1.98. The first kappa shape index (κ1) is 33.2. The van der Waals surface area contributed by atoms with Gasteiger partial charge in [0.05, 0.1) is 48.0 Å². The molecule has 0 spiro atoms. The number of fused-ring (bicyclic) bond motifs is 1. The Morgan fingerprint density at radius 1 is 1.17 bits per heavy atom. The largest absolute Gasteiger partial charge is 0.458 e. The number of esters is 1. The number of aliphatic hydroxyl groups is 2. The van der Waals surface area contributed by atoms with Crippen LogP contribution < -0.4 is 0 Å². The minimum atomic E-state index is -1.24. The van der Waals surface area contributed by atoms with Gasteiger partial charge in [-0.15, -0.1) is 11.3 Å². The van der Waals surface area contributed by atoms with Crippen molar-refractivity contribution in [2.24, 2.45) is 17.3 Å². The molecule has 3 aliphatic rings. The molecule has 3 aliphatic heterocycles. The third-order valence-electron chi connectivity index (χ3n) is 9.81. The lowest BCUT2D eigenvalue weighted by Crippen LogP contribution is -2.45. The van der Waals surface area contributed by atoms with Crippen molar-refractivity contribution in [2.75, 3.05) is 33.2 Å². The highest BCUT2D eigenvalue weighted by Crippen LogP contribution is 2.45. The minimum Gasteiger partial charge on any atom is -0.458 e. The van der Waals surface area contributed by atoms with E-state index in [-0.39, 0.29) is 29.8 Å². The lowest BCUT2D eigenvalue weighted by atomic mass is 9.73. The van der Waals surface area contributed by atoms with E-state index < -0.39 is 35.6 Å². The van der Waals surface area contributed by atoms with Crippen LogP contribution in [0.15, 0.2) is 11.0 Å². The van der Waals surface area contributed by atoms with Gasteiger partial charge in [-0.1, -0.05) is 34.1 Å². The first-order valence-corrected chi connectivity index (χ1v) is 16.4. The lowest BCUT2D eigenvalue weighted by molar-refractivity contribution is -0.154. The summed E-state index contributed by atoms with van der Waals surface area (Å²) in [5, 5.41) is 25.0. The van der Waals surface area contributed by atoms with E-state index in [9.17, 15) is 19.8 Å². The topological polar surface area (TPSA) is 116 Å². The summed E-state index contributed by atoms with van der Waals surface area (Å²) in [7, 11) is 2.15. The summed E-state index contributed by atoms with van der Waals surface area (Å²) >= 11 is 1.64. The number of hydrogen-bond donors (Lipinski definition) is 2. The number of piperazine rings is 1. The van der Waals surface area contributed by atoms with E-state index >= 15 is 0 Å². The molecule has 4 rings (SSSR count). The van der Waals surface area contributed by atoms with Crippen molar-refractivity contribution in [3.05, 3.63) is 21.7 Å². The summed E-state index contributed by atoms with van der Waals surface area (Å²) in [5.41, 5.74) is 0.188. The number of aliphatic hydroxyl groups excluding tert-OH is 2. The predicted octanol–water partition coefficient (Wildman–Crippen LogP) is 3.92. The number of likely N-dealkylation sites (N-methyl/N-ethyl adjacent to an activating group) is 1. The van der Waals surface area contributed by atoms with Crippen LogP contribution >= 0.6 is 11.3 Å². The molecule has 3 fully saturated rings. The normalized spacial score (nSPS) is 36.4. The molecular weight excluding hydrogens is 554 g/mol. The predicted molar refractivity (Wildman–Crippen MR) is 164 cm³/mol. The molecule has 0 aromatic carbocycles. The number of carbonyl (C=O) groups is 2. The van der Waals surface area contributed by atoms with Gasteiger partial charge in [0.15, 0.2) is 0 Å². The SMILES string of the molecule is C/C(=C\c1csc(CN2CCN(C)CC2)n1)[C@@H]1C[C@@H]2O[C@]2(C)CCC[C@H](C)[C@H](O)[C@@H](C)C(=O)C(C)(C)[C@@H](O)CC(=O)O1. The van der Waals surface area contributed by atoms with Crippen LogP contribution in [0.2, 0.25) is 0 Å². The van der Waals surface area contributed by atoms with E-state index in [1.165, 1.54) is 0 Å². The zero-order valence-electron chi connectivity index (χ0n) is 26.5. The molecule has 9 nitrogen and oxygen atoms in total. The molecule has 7 atom stereocenters. The Hall–Kier alpha value is -1.69. The first-order chi connectivity index (χ1) is 19.7. The molecule has 1 aromatic heterocycles. The fourth-order valence-corrected chi connectivity index (χ4v) is 7.07. The summed E-state index contributed by atoms with van der Waals surface area (Å²) in [6.45, 7) is 16.0. The number of ether oxygens (including phenoxy) is 2. The molecule has 0 amide bonds. The van der Waals surface area contributed by atoms with Crippen LogP contribution in [0.1, 0.15) is 84.3 Å². The number of nitrogens with zero attached hydrogens (tertiary/aromatic N) is 3. The monoisotopic (exact) mass is 605 g/mol.